The van der Waals surface area contributed by atoms with Crippen LogP contribution in [-0.4, -0.2) is 16.0 Å². The molecule has 0 spiro atoms. The number of hydrogen-bond acceptors (Lipinski definition) is 4. The standard InChI is InChI=1S/C13H13BrN4O/c14-10-3-1-2-4-11(10)17-8-9-5-6-16-12(7-9)13(15)18-19/h1-7,17,19H,8H2,(H2,15,18). The summed E-state index contributed by atoms with van der Waals surface area (Å²) in [7, 11) is 0. The molecular weight excluding hydrogens is 308 g/mol. The van der Waals surface area contributed by atoms with Crippen LogP contribution in [0.5, 0.6) is 0 Å². The minimum Gasteiger partial charge on any atom is -0.409 e. The molecule has 0 aliphatic heterocycles. The quantitative estimate of drug-likeness (QED) is 0.350. The number of pyridine rings is 1. The number of oxime groups is 1. The topological polar surface area (TPSA) is 83.5 Å². The van der Waals surface area contributed by atoms with Gasteiger partial charge in [-0.15, -0.1) is 0 Å². The molecule has 0 saturated heterocycles. The molecule has 0 aliphatic rings. The molecule has 19 heavy (non-hydrogen) atoms. The molecule has 0 bridgehead atoms. The average molecular weight is 321 g/mol. The molecular formula is C13H13BrN4O. The van der Waals surface area contributed by atoms with Gasteiger partial charge in [0.05, 0.1) is 0 Å². The van der Waals surface area contributed by atoms with Crippen LogP contribution in [0, 0.1) is 0 Å². The Kier molecular flexibility index (Phi) is 4.35. The smallest absolute Gasteiger partial charge is 0.188 e. The van der Waals surface area contributed by atoms with Crippen LogP contribution in [0.1, 0.15) is 11.3 Å². The van der Waals surface area contributed by atoms with E-state index in [1.165, 1.54) is 0 Å². The molecule has 1 aromatic heterocycles. The summed E-state index contributed by atoms with van der Waals surface area (Å²) < 4.78 is 1.00. The van der Waals surface area contributed by atoms with Crippen LogP contribution in [-0.2, 0) is 6.54 Å². The predicted octanol–water partition coefficient (Wildman–Crippen LogP) is 2.55. The number of nitrogens with two attached hydrogens (primary N) is 1. The van der Waals surface area contributed by atoms with Gasteiger partial charge in [0, 0.05) is 22.9 Å². The number of nitrogens with zero attached hydrogens (tertiary/aromatic N) is 2. The minimum atomic E-state index is 0.00254. The van der Waals surface area contributed by atoms with Gasteiger partial charge in [0.1, 0.15) is 5.69 Å². The van der Waals surface area contributed by atoms with E-state index < -0.39 is 0 Å². The van der Waals surface area contributed by atoms with Crippen LogP contribution in [0.15, 0.2) is 52.2 Å². The van der Waals surface area contributed by atoms with Crippen molar-refractivity contribution in [1.29, 1.82) is 0 Å². The van der Waals surface area contributed by atoms with E-state index in [1.807, 2.05) is 30.3 Å². The molecule has 0 radical (unpaired) electrons. The molecule has 6 heteroatoms. The molecule has 2 rings (SSSR count). The van der Waals surface area contributed by atoms with Crippen molar-refractivity contribution < 1.29 is 5.21 Å². The molecule has 5 nitrogen and oxygen atoms in total. The van der Waals surface area contributed by atoms with E-state index in [2.05, 4.69) is 31.4 Å². The van der Waals surface area contributed by atoms with Gasteiger partial charge in [0.25, 0.3) is 0 Å². The highest BCUT2D eigenvalue weighted by Crippen LogP contribution is 2.21. The molecule has 0 unspecified atom stereocenters. The van der Waals surface area contributed by atoms with E-state index >= 15 is 0 Å². The van der Waals surface area contributed by atoms with Crippen molar-refractivity contribution in [3.8, 4) is 0 Å². The fourth-order valence-electron chi connectivity index (χ4n) is 1.58. The number of hydrogen-bond donors (Lipinski definition) is 3. The lowest BCUT2D eigenvalue weighted by Gasteiger charge is -2.09. The maximum atomic E-state index is 8.62. The largest absolute Gasteiger partial charge is 0.409 e. The van der Waals surface area contributed by atoms with Gasteiger partial charge >= 0.3 is 0 Å². The monoisotopic (exact) mass is 320 g/mol. The molecule has 0 atom stereocenters. The Hall–Kier alpha value is -2.08. The van der Waals surface area contributed by atoms with Gasteiger partial charge in [-0.2, -0.15) is 0 Å². The molecule has 98 valence electrons. The fraction of sp³-hybridized carbons (Fsp3) is 0.0769. The Morgan fingerprint density at radius 1 is 1.37 bits per heavy atom. The van der Waals surface area contributed by atoms with Crippen LogP contribution in [0.25, 0.3) is 0 Å². The first kappa shape index (κ1) is 13.4. The number of rotatable bonds is 4. The number of nitrogens with one attached hydrogen (secondary N) is 1. The average Bonchev–Trinajstić information content (AvgIpc) is 2.46. The van der Waals surface area contributed by atoms with E-state index in [-0.39, 0.29) is 5.84 Å². The van der Waals surface area contributed by atoms with Gasteiger partial charge in [0.15, 0.2) is 5.84 Å². The maximum Gasteiger partial charge on any atom is 0.188 e. The van der Waals surface area contributed by atoms with Crippen molar-refractivity contribution in [3.05, 3.63) is 58.3 Å². The highest BCUT2D eigenvalue weighted by Gasteiger charge is 2.03. The maximum absolute atomic E-state index is 8.62. The first-order valence-corrected chi connectivity index (χ1v) is 6.41. The minimum absolute atomic E-state index is 0.00254. The zero-order valence-electron chi connectivity index (χ0n) is 10.0. The van der Waals surface area contributed by atoms with Crippen LogP contribution < -0.4 is 11.1 Å². The van der Waals surface area contributed by atoms with E-state index in [0.29, 0.717) is 12.2 Å². The van der Waals surface area contributed by atoms with Crippen molar-refractivity contribution in [3.63, 3.8) is 0 Å². The Morgan fingerprint density at radius 2 is 2.16 bits per heavy atom. The van der Waals surface area contributed by atoms with Gasteiger partial charge in [0.2, 0.25) is 0 Å². The SMILES string of the molecule is NC(=NO)c1cc(CNc2ccccc2Br)ccn1. The fourth-order valence-corrected chi connectivity index (χ4v) is 2.00. The summed E-state index contributed by atoms with van der Waals surface area (Å²) >= 11 is 3.47. The lowest BCUT2D eigenvalue weighted by molar-refractivity contribution is 0.318. The third kappa shape index (κ3) is 3.45. The Balaban J connectivity index is 2.10. The van der Waals surface area contributed by atoms with Gasteiger partial charge in [-0.1, -0.05) is 17.3 Å². The van der Waals surface area contributed by atoms with Gasteiger partial charge in [-0.05, 0) is 45.8 Å². The predicted molar refractivity (Wildman–Crippen MR) is 78.2 cm³/mol. The van der Waals surface area contributed by atoms with Crippen molar-refractivity contribution in [2.45, 2.75) is 6.54 Å². The Labute approximate surface area is 119 Å². The van der Waals surface area contributed by atoms with Crippen LogP contribution in [0.4, 0.5) is 5.69 Å². The highest BCUT2D eigenvalue weighted by atomic mass is 79.9. The molecule has 0 amide bonds. The summed E-state index contributed by atoms with van der Waals surface area (Å²) in [4.78, 5) is 4.03. The molecule has 0 aliphatic carbocycles. The van der Waals surface area contributed by atoms with Crippen LogP contribution >= 0.6 is 15.9 Å². The number of aromatic nitrogens is 1. The first-order valence-electron chi connectivity index (χ1n) is 5.62. The summed E-state index contributed by atoms with van der Waals surface area (Å²) in [6.45, 7) is 0.622. The summed E-state index contributed by atoms with van der Waals surface area (Å²) in [5, 5.41) is 14.9. The van der Waals surface area contributed by atoms with E-state index in [0.717, 1.165) is 15.7 Å². The zero-order chi connectivity index (χ0) is 13.7. The van der Waals surface area contributed by atoms with Gasteiger partial charge in [-0.25, -0.2) is 0 Å². The van der Waals surface area contributed by atoms with Gasteiger partial charge < -0.3 is 16.3 Å². The third-order valence-electron chi connectivity index (χ3n) is 2.55. The molecule has 4 N–H and O–H groups in total. The normalized spacial score (nSPS) is 11.3. The Morgan fingerprint density at radius 3 is 2.89 bits per heavy atom. The number of para-hydroxylation sites is 1. The molecule has 2 aromatic rings. The lowest BCUT2D eigenvalue weighted by atomic mass is 10.2. The second kappa shape index (κ2) is 6.19. The summed E-state index contributed by atoms with van der Waals surface area (Å²) in [6, 6.07) is 11.5. The molecule has 0 fully saturated rings. The highest BCUT2D eigenvalue weighted by molar-refractivity contribution is 9.10. The van der Waals surface area contributed by atoms with E-state index in [1.54, 1.807) is 12.3 Å². The third-order valence-corrected chi connectivity index (χ3v) is 3.24. The summed E-state index contributed by atoms with van der Waals surface area (Å²) in [5.41, 5.74) is 7.95. The second-order valence-electron chi connectivity index (χ2n) is 3.87. The second-order valence-corrected chi connectivity index (χ2v) is 4.72. The van der Waals surface area contributed by atoms with Crippen molar-refractivity contribution >= 4 is 27.5 Å². The van der Waals surface area contributed by atoms with Gasteiger partial charge in [-0.3, -0.25) is 4.98 Å². The van der Waals surface area contributed by atoms with E-state index in [4.69, 9.17) is 10.9 Å². The number of halogens is 1. The summed E-state index contributed by atoms with van der Waals surface area (Å²) in [5.74, 6) is 0.00254. The van der Waals surface area contributed by atoms with Crippen molar-refractivity contribution in [2.75, 3.05) is 5.32 Å². The molecule has 1 heterocycles. The van der Waals surface area contributed by atoms with Crippen molar-refractivity contribution in [1.82, 2.24) is 4.98 Å². The van der Waals surface area contributed by atoms with Crippen LogP contribution in [0.3, 0.4) is 0 Å². The number of benzene rings is 1. The number of anilines is 1. The zero-order valence-corrected chi connectivity index (χ0v) is 11.6. The number of amidine groups is 1. The lowest BCUT2D eigenvalue weighted by Crippen LogP contribution is -2.15. The Bertz CT molecular complexity index is 601. The molecule has 0 saturated carbocycles. The first-order chi connectivity index (χ1) is 9.20. The van der Waals surface area contributed by atoms with Crippen molar-refractivity contribution in [2.24, 2.45) is 10.9 Å². The summed E-state index contributed by atoms with van der Waals surface area (Å²) in [6.07, 6.45) is 1.63. The van der Waals surface area contributed by atoms with E-state index in [9.17, 15) is 0 Å². The van der Waals surface area contributed by atoms with Crippen LogP contribution in [0.2, 0.25) is 0 Å². The molecule has 1 aromatic carbocycles.